The highest BCUT2D eigenvalue weighted by molar-refractivity contribution is 7.20. The number of nitrogens with zero attached hydrogens (tertiary/aromatic N) is 2. The summed E-state index contributed by atoms with van der Waals surface area (Å²) in [6, 6.07) is 8.39. The summed E-state index contributed by atoms with van der Waals surface area (Å²) in [6.07, 6.45) is 7.02. The van der Waals surface area contributed by atoms with Crippen molar-refractivity contribution in [2.75, 3.05) is 5.32 Å². The van der Waals surface area contributed by atoms with Gasteiger partial charge < -0.3 is 10.1 Å². The number of carbonyl (C=O) groups is 1. The number of carbonyl (C=O) groups excluding carboxylic acids is 1. The maximum absolute atomic E-state index is 12.8. The molecule has 4 rings (SSSR count). The number of thiophene rings is 1. The molecule has 6 heteroatoms. The number of aryl methyl sites for hydroxylation is 1. The third-order valence-electron chi connectivity index (χ3n) is 5.75. The molecule has 0 atom stereocenters. The Bertz CT molecular complexity index is 1040. The number of fused-ring (bicyclic) bond motifs is 1. The average molecular weight is 424 g/mol. The number of hydrogen-bond donors (Lipinski definition) is 1. The normalized spacial score (nSPS) is 15.3. The maximum Gasteiger partial charge on any atom is 0.348 e. The first kappa shape index (κ1) is 20.8. The van der Waals surface area contributed by atoms with Crippen LogP contribution in [0.1, 0.15) is 73.7 Å². The number of ether oxygens (including phenoxy) is 1. The molecular weight excluding hydrogens is 394 g/mol. The first-order chi connectivity index (χ1) is 14.3. The molecular formula is C24H29N3O2S. The summed E-state index contributed by atoms with van der Waals surface area (Å²) in [5, 5.41) is 4.29. The van der Waals surface area contributed by atoms with E-state index in [9.17, 15) is 4.79 Å². The van der Waals surface area contributed by atoms with Crippen LogP contribution in [0, 0.1) is 6.92 Å². The predicted molar refractivity (Wildman–Crippen MR) is 123 cm³/mol. The highest BCUT2D eigenvalue weighted by Crippen LogP contribution is 2.36. The van der Waals surface area contributed by atoms with Gasteiger partial charge in [0.15, 0.2) is 0 Å². The predicted octanol–water partition coefficient (Wildman–Crippen LogP) is 6.53. The summed E-state index contributed by atoms with van der Waals surface area (Å²) >= 11 is 1.39. The van der Waals surface area contributed by atoms with Gasteiger partial charge in [-0.3, -0.25) is 0 Å². The molecule has 158 valence electrons. The van der Waals surface area contributed by atoms with Gasteiger partial charge in [-0.05, 0) is 61.3 Å². The van der Waals surface area contributed by atoms with Crippen LogP contribution in [0.3, 0.4) is 0 Å². The summed E-state index contributed by atoms with van der Waals surface area (Å²) in [7, 11) is 0. The lowest BCUT2D eigenvalue weighted by Crippen LogP contribution is -2.20. The number of aromatic nitrogens is 2. The number of benzene rings is 1. The molecule has 5 nitrogen and oxygen atoms in total. The molecule has 1 fully saturated rings. The van der Waals surface area contributed by atoms with Gasteiger partial charge in [-0.1, -0.05) is 39.3 Å². The number of esters is 1. The number of anilines is 2. The minimum atomic E-state index is -0.233. The van der Waals surface area contributed by atoms with Crippen molar-refractivity contribution in [1.29, 1.82) is 0 Å². The standard InChI is InChI=1S/C24H29N3O2S/c1-15-19-21(27-17-12-10-16(11-13-17)24(2,3)4)25-14-26-22(19)30-20(15)23(28)29-18-8-6-5-7-9-18/h10-14,18H,5-9H2,1-4H3,(H,25,26,27). The van der Waals surface area contributed by atoms with Crippen molar-refractivity contribution in [3.05, 3.63) is 46.6 Å². The molecule has 0 unspecified atom stereocenters. The third-order valence-corrected chi connectivity index (χ3v) is 6.93. The van der Waals surface area contributed by atoms with Gasteiger partial charge in [0.2, 0.25) is 0 Å². The number of nitrogens with one attached hydrogen (secondary N) is 1. The zero-order chi connectivity index (χ0) is 21.3. The quantitative estimate of drug-likeness (QED) is 0.483. The van der Waals surface area contributed by atoms with E-state index < -0.39 is 0 Å². The summed E-state index contributed by atoms with van der Waals surface area (Å²) in [4.78, 5) is 23.1. The Balaban J connectivity index is 1.59. The molecule has 2 heterocycles. The van der Waals surface area contributed by atoms with Gasteiger partial charge in [-0.2, -0.15) is 0 Å². The van der Waals surface area contributed by atoms with Crippen LogP contribution in [0.25, 0.3) is 10.2 Å². The highest BCUT2D eigenvalue weighted by Gasteiger charge is 2.24. The Morgan fingerprint density at radius 2 is 1.80 bits per heavy atom. The Hall–Kier alpha value is -2.47. The van der Waals surface area contributed by atoms with Crippen molar-refractivity contribution >= 4 is 39.0 Å². The topological polar surface area (TPSA) is 64.1 Å². The molecule has 1 aliphatic rings. The van der Waals surface area contributed by atoms with Crippen molar-refractivity contribution in [2.45, 2.75) is 71.3 Å². The molecule has 1 saturated carbocycles. The van der Waals surface area contributed by atoms with E-state index in [1.165, 1.54) is 23.3 Å². The van der Waals surface area contributed by atoms with Crippen molar-refractivity contribution in [2.24, 2.45) is 0 Å². The van der Waals surface area contributed by atoms with E-state index in [2.05, 4.69) is 60.3 Å². The molecule has 1 aromatic carbocycles. The lowest BCUT2D eigenvalue weighted by Gasteiger charge is -2.21. The van der Waals surface area contributed by atoms with Crippen molar-refractivity contribution in [3.63, 3.8) is 0 Å². The van der Waals surface area contributed by atoms with Crippen LogP contribution >= 0.6 is 11.3 Å². The first-order valence-electron chi connectivity index (χ1n) is 10.7. The molecule has 1 N–H and O–H groups in total. The van der Waals surface area contributed by atoms with Crippen LogP contribution in [0.15, 0.2) is 30.6 Å². The van der Waals surface area contributed by atoms with E-state index >= 15 is 0 Å². The van der Waals surface area contributed by atoms with Gasteiger partial charge in [-0.15, -0.1) is 11.3 Å². The third kappa shape index (κ3) is 4.33. The molecule has 2 aromatic heterocycles. The van der Waals surface area contributed by atoms with Crippen LogP contribution in [0.2, 0.25) is 0 Å². The fourth-order valence-corrected chi connectivity index (χ4v) is 4.97. The van der Waals surface area contributed by atoms with Gasteiger partial charge in [-0.25, -0.2) is 14.8 Å². The minimum Gasteiger partial charge on any atom is -0.458 e. The van der Waals surface area contributed by atoms with E-state index in [-0.39, 0.29) is 17.5 Å². The summed E-state index contributed by atoms with van der Waals surface area (Å²) in [6.45, 7) is 8.55. The van der Waals surface area contributed by atoms with Crippen LogP contribution in [-0.2, 0) is 10.2 Å². The van der Waals surface area contributed by atoms with Crippen molar-refractivity contribution < 1.29 is 9.53 Å². The lowest BCUT2D eigenvalue weighted by molar-refractivity contribution is 0.0216. The molecule has 0 bridgehead atoms. The van der Waals surface area contributed by atoms with Crippen LogP contribution in [-0.4, -0.2) is 22.0 Å². The van der Waals surface area contributed by atoms with E-state index in [1.54, 1.807) is 6.33 Å². The van der Waals surface area contributed by atoms with Gasteiger partial charge in [0, 0.05) is 5.69 Å². The van der Waals surface area contributed by atoms with Gasteiger partial charge in [0.05, 0.1) is 5.39 Å². The largest absolute Gasteiger partial charge is 0.458 e. The second kappa shape index (κ2) is 8.34. The van der Waals surface area contributed by atoms with E-state index in [0.29, 0.717) is 10.7 Å². The summed E-state index contributed by atoms with van der Waals surface area (Å²) in [5.41, 5.74) is 3.23. The fourth-order valence-electron chi connectivity index (χ4n) is 3.94. The molecule has 1 aliphatic carbocycles. The lowest BCUT2D eigenvalue weighted by atomic mass is 9.87. The Labute approximate surface area is 181 Å². The smallest absolute Gasteiger partial charge is 0.348 e. The van der Waals surface area contributed by atoms with Crippen molar-refractivity contribution in [1.82, 2.24) is 9.97 Å². The maximum atomic E-state index is 12.8. The molecule has 0 spiro atoms. The SMILES string of the molecule is Cc1c(C(=O)OC2CCCCC2)sc2ncnc(Nc3ccc(C(C)(C)C)cc3)c12. The van der Waals surface area contributed by atoms with E-state index in [4.69, 9.17) is 4.74 Å². The van der Waals surface area contributed by atoms with E-state index in [1.807, 2.05) is 6.92 Å². The Morgan fingerprint density at radius 1 is 1.10 bits per heavy atom. The summed E-state index contributed by atoms with van der Waals surface area (Å²) < 4.78 is 5.79. The molecule has 0 radical (unpaired) electrons. The molecule has 0 aliphatic heterocycles. The number of hydrogen-bond acceptors (Lipinski definition) is 6. The molecule has 30 heavy (non-hydrogen) atoms. The summed E-state index contributed by atoms with van der Waals surface area (Å²) in [5.74, 6) is 0.483. The van der Waals surface area contributed by atoms with Gasteiger partial charge in [0.1, 0.15) is 28.0 Å². The Morgan fingerprint density at radius 3 is 2.47 bits per heavy atom. The van der Waals surface area contributed by atoms with Crippen LogP contribution in [0.5, 0.6) is 0 Å². The first-order valence-corrected chi connectivity index (χ1v) is 11.5. The second-order valence-corrected chi connectivity index (χ2v) is 10.1. The highest BCUT2D eigenvalue weighted by atomic mass is 32.1. The fraction of sp³-hybridized carbons (Fsp3) is 0.458. The molecule has 0 saturated heterocycles. The van der Waals surface area contributed by atoms with Crippen LogP contribution < -0.4 is 5.32 Å². The van der Waals surface area contributed by atoms with E-state index in [0.717, 1.165) is 47.2 Å². The van der Waals surface area contributed by atoms with Crippen molar-refractivity contribution in [3.8, 4) is 0 Å². The zero-order valence-electron chi connectivity index (χ0n) is 18.1. The minimum absolute atomic E-state index is 0.0425. The molecule has 3 aromatic rings. The number of rotatable bonds is 4. The Kier molecular flexibility index (Phi) is 5.78. The zero-order valence-corrected chi connectivity index (χ0v) is 18.9. The molecule has 0 amide bonds. The monoisotopic (exact) mass is 423 g/mol. The average Bonchev–Trinajstić information content (AvgIpc) is 3.06. The van der Waals surface area contributed by atoms with Gasteiger partial charge >= 0.3 is 5.97 Å². The van der Waals surface area contributed by atoms with Crippen LogP contribution in [0.4, 0.5) is 11.5 Å². The second-order valence-electron chi connectivity index (χ2n) is 9.08. The van der Waals surface area contributed by atoms with Gasteiger partial charge in [0.25, 0.3) is 0 Å².